The fourth-order valence-electron chi connectivity index (χ4n) is 3.28. The zero-order chi connectivity index (χ0) is 17.6. The van der Waals surface area contributed by atoms with Crippen LogP contribution in [0.25, 0.3) is 0 Å². The number of likely N-dealkylation sites (tertiary alicyclic amines) is 1. The van der Waals surface area contributed by atoms with Crippen LogP contribution in [-0.2, 0) is 11.3 Å². The molecule has 0 aliphatic carbocycles. The van der Waals surface area contributed by atoms with Gasteiger partial charge in [0.25, 0.3) is 5.91 Å². The van der Waals surface area contributed by atoms with Crippen molar-refractivity contribution in [2.75, 3.05) is 27.2 Å². The molecule has 0 spiro atoms. The molecule has 132 valence electrons. The number of amides is 1. The van der Waals surface area contributed by atoms with Crippen LogP contribution < -0.4 is 4.74 Å². The molecule has 3 rings (SSSR count). The minimum absolute atomic E-state index is 0.0312. The number of nitrogens with zero attached hydrogens (tertiary/aromatic N) is 3. The Morgan fingerprint density at radius 2 is 2.08 bits per heavy atom. The molecule has 2 heterocycles. The first kappa shape index (κ1) is 17.4. The van der Waals surface area contributed by atoms with Gasteiger partial charge in [0.05, 0.1) is 12.2 Å². The maximum absolute atomic E-state index is 12.6. The summed E-state index contributed by atoms with van der Waals surface area (Å²) in [6.07, 6.45) is 5.35. The minimum Gasteiger partial charge on any atom is -0.482 e. The molecule has 1 fully saturated rings. The number of hydrogen-bond donors (Lipinski definition) is 0. The summed E-state index contributed by atoms with van der Waals surface area (Å²) < 4.78 is 5.57. The maximum Gasteiger partial charge on any atom is 0.261 e. The number of benzene rings is 1. The van der Waals surface area contributed by atoms with Crippen molar-refractivity contribution >= 4 is 5.91 Å². The average molecular weight is 339 g/mol. The van der Waals surface area contributed by atoms with Gasteiger partial charge in [0.1, 0.15) is 5.75 Å². The van der Waals surface area contributed by atoms with E-state index in [1.807, 2.05) is 11.0 Å². The lowest BCUT2D eigenvalue weighted by molar-refractivity contribution is -0.134. The number of rotatable bonds is 6. The van der Waals surface area contributed by atoms with Gasteiger partial charge in [-0.2, -0.15) is 0 Å². The summed E-state index contributed by atoms with van der Waals surface area (Å²) in [7, 11) is 4.13. The van der Waals surface area contributed by atoms with Crippen molar-refractivity contribution in [3.05, 3.63) is 59.9 Å². The first-order valence-corrected chi connectivity index (χ1v) is 8.69. The molecule has 1 atom stereocenters. The van der Waals surface area contributed by atoms with Crippen LogP contribution in [0.4, 0.5) is 0 Å². The van der Waals surface area contributed by atoms with E-state index in [9.17, 15) is 4.79 Å². The van der Waals surface area contributed by atoms with Gasteiger partial charge < -0.3 is 14.5 Å². The average Bonchev–Trinajstić information content (AvgIpc) is 3.10. The second kappa shape index (κ2) is 8.12. The molecule has 25 heavy (non-hydrogen) atoms. The summed E-state index contributed by atoms with van der Waals surface area (Å²) in [6, 6.07) is 12.4. The SMILES string of the molecule is CN(C)Cc1ccc([C@H]2CCCN2C(=O)COc2cccnc2)cc1. The number of ether oxygens (including phenoxy) is 1. The van der Waals surface area contributed by atoms with E-state index in [1.54, 1.807) is 18.5 Å². The molecule has 0 unspecified atom stereocenters. The van der Waals surface area contributed by atoms with Crippen LogP contribution in [0.2, 0.25) is 0 Å². The molecule has 1 saturated heterocycles. The van der Waals surface area contributed by atoms with E-state index in [-0.39, 0.29) is 18.6 Å². The summed E-state index contributed by atoms with van der Waals surface area (Å²) in [6.45, 7) is 1.77. The van der Waals surface area contributed by atoms with Gasteiger partial charge in [0.15, 0.2) is 6.61 Å². The van der Waals surface area contributed by atoms with Gasteiger partial charge in [-0.1, -0.05) is 24.3 Å². The summed E-state index contributed by atoms with van der Waals surface area (Å²) in [5.74, 6) is 0.656. The van der Waals surface area contributed by atoms with E-state index in [2.05, 4.69) is 48.2 Å². The zero-order valence-electron chi connectivity index (χ0n) is 14.9. The predicted octanol–water partition coefficient (Wildman–Crippen LogP) is 2.89. The van der Waals surface area contributed by atoms with Crippen molar-refractivity contribution in [2.24, 2.45) is 0 Å². The van der Waals surface area contributed by atoms with Gasteiger partial charge >= 0.3 is 0 Å². The third kappa shape index (κ3) is 4.57. The lowest BCUT2D eigenvalue weighted by atomic mass is 10.0. The van der Waals surface area contributed by atoms with Crippen molar-refractivity contribution in [1.82, 2.24) is 14.8 Å². The van der Waals surface area contributed by atoms with Crippen LogP contribution in [0, 0.1) is 0 Å². The lowest BCUT2D eigenvalue weighted by Gasteiger charge is -2.25. The Bertz CT molecular complexity index is 686. The highest BCUT2D eigenvalue weighted by Crippen LogP contribution is 2.32. The first-order chi connectivity index (χ1) is 12.1. The van der Waals surface area contributed by atoms with Crippen LogP contribution in [0.15, 0.2) is 48.8 Å². The molecular formula is C20H25N3O2. The van der Waals surface area contributed by atoms with Crippen molar-refractivity contribution in [1.29, 1.82) is 0 Å². The molecule has 1 aromatic carbocycles. The third-order valence-corrected chi connectivity index (χ3v) is 4.43. The van der Waals surface area contributed by atoms with E-state index in [0.717, 1.165) is 25.9 Å². The highest BCUT2D eigenvalue weighted by molar-refractivity contribution is 5.78. The van der Waals surface area contributed by atoms with E-state index < -0.39 is 0 Å². The molecule has 5 heteroatoms. The van der Waals surface area contributed by atoms with Crippen molar-refractivity contribution in [3.8, 4) is 5.75 Å². The van der Waals surface area contributed by atoms with Crippen LogP contribution in [-0.4, -0.2) is 47.9 Å². The van der Waals surface area contributed by atoms with Crippen LogP contribution >= 0.6 is 0 Å². The monoisotopic (exact) mass is 339 g/mol. The van der Waals surface area contributed by atoms with E-state index in [0.29, 0.717) is 5.75 Å². The molecule has 0 saturated carbocycles. The quantitative estimate of drug-likeness (QED) is 0.812. The molecule has 0 radical (unpaired) electrons. The molecule has 1 aliphatic rings. The van der Waals surface area contributed by atoms with Gasteiger partial charge in [0.2, 0.25) is 0 Å². The number of pyridine rings is 1. The smallest absolute Gasteiger partial charge is 0.261 e. The normalized spacial score (nSPS) is 17.1. The minimum atomic E-state index is 0.0312. The lowest BCUT2D eigenvalue weighted by Crippen LogP contribution is -2.34. The third-order valence-electron chi connectivity index (χ3n) is 4.43. The standard InChI is InChI=1S/C20H25N3O2/c1-22(2)14-16-7-9-17(10-8-16)19-6-4-12-23(19)20(24)15-25-18-5-3-11-21-13-18/h3,5,7-11,13,19H,4,6,12,14-15H2,1-2H3/t19-/m1/s1. The summed E-state index contributed by atoms with van der Waals surface area (Å²) in [4.78, 5) is 20.7. The van der Waals surface area contributed by atoms with Crippen molar-refractivity contribution < 1.29 is 9.53 Å². The van der Waals surface area contributed by atoms with Crippen LogP contribution in [0.1, 0.15) is 30.0 Å². The van der Waals surface area contributed by atoms with E-state index >= 15 is 0 Å². The van der Waals surface area contributed by atoms with E-state index in [1.165, 1.54) is 11.1 Å². The molecule has 0 N–H and O–H groups in total. The molecule has 1 aromatic heterocycles. The fraction of sp³-hybridized carbons (Fsp3) is 0.400. The summed E-state index contributed by atoms with van der Waals surface area (Å²) in [5, 5.41) is 0. The maximum atomic E-state index is 12.6. The molecule has 1 amide bonds. The van der Waals surface area contributed by atoms with Crippen molar-refractivity contribution in [2.45, 2.75) is 25.4 Å². The molecule has 0 bridgehead atoms. The van der Waals surface area contributed by atoms with Gasteiger partial charge in [0, 0.05) is 19.3 Å². The van der Waals surface area contributed by atoms with Gasteiger partial charge in [-0.3, -0.25) is 9.78 Å². The topological polar surface area (TPSA) is 45.7 Å². The Hall–Kier alpha value is -2.40. The molecular weight excluding hydrogens is 314 g/mol. The van der Waals surface area contributed by atoms with Gasteiger partial charge in [-0.15, -0.1) is 0 Å². The number of hydrogen-bond acceptors (Lipinski definition) is 4. The number of carbonyl (C=O) groups is 1. The zero-order valence-corrected chi connectivity index (χ0v) is 14.9. The van der Waals surface area contributed by atoms with E-state index in [4.69, 9.17) is 4.74 Å². The first-order valence-electron chi connectivity index (χ1n) is 8.69. The highest BCUT2D eigenvalue weighted by atomic mass is 16.5. The second-order valence-corrected chi connectivity index (χ2v) is 6.70. The molecule has 5 nitrogen and oxygen atoms in total. The Morgan fingerprint density at radius 3 is 2.76 bits per heavy atom. The number of carbonyl (C=O) groups excluding carboxylic acids is 1. The Morgan fingerprint density at radius 1 is 1.28 bits per heavy atom. The fourth-order valence-corrected chi connectivity index (χ4v) is 3.28. The van der Waals surface area contributed by atoms with Gasteiger partial charge in [-0.05, 0) is 50.2 Å². The largest absolute Gasteiger partial charge is 0.482 e. The van der Waals surface area contributed by atoms with Crippen LogP contribution in [0.3, 0.4) is 0 Å². The molecule has 1 aliphatic heterocycles. The summed E-state index contributed by atoms with van der Waals surface area (Å²) >= 11 is 0. The number of aromatic nitrogens is 1. The second-order valence-electron chi connectivity index (χ2n) is 6.70. The predicted molar refractivity (Wildman–Crippen MR) is 97.3 cm³/mol. The van der Waals surface area contributed by atoms with Gasteiger partial charge in [-0.25, -0.2) is 0 Å². The van der Waals surface area contributed by atoms with Crippen molar-refractivity contribution in [3.63, 3.8) is 0 Å². The summed E-state index contributed by atoms with van der Waals surface area (Å²) in [5.41, 5.74) is 2.49. The Balaban J connectivity index is 1.62. The van der Waals surface area contributed by atoms with Crippen LogP contribution in [0.5, 0.6) is 5.75 Å². The Labute approximate surface area is 149 Å². The Kier molecular flexibility index (Phi) is 5.66. The molecule has 2 aromatic rings. The highest BCUT2D eigenvalue weighted by Gasteiger charge is 2.30.